The van der Waals surface area contributed by atoms with Gasteiger partial charge in [-0.3, -0.25) is 9.59 Å². The van der Waals surface area contributed by atoms with Crippen molar-refractivity contribution in [3.63, 3.8) is 0 Å². The molecular weight excluding hydrogens is 208 g/mol. The highest BCUT2D eigenvalue weighted by Crippen LogP contribution is 2.12. The number of carbonyl (C=O) groups excluding carboxylic acids is 1. The van der Waals surface area contributed by atoms with E-state index >= 15 is 0 Å². The minimum absolute atomic E-state index is 0.365. The Bertz CT molecular complexity index is 378. The van der Waals surface area contributed by atoms with E-state index in [0.29, 0.717) is 5.69 Å². The first-order valence-electron chi connectivity index (χ1n) is 4.82. The Kier molecular flexibility index (Phi) is 4.02. The molecule has 0 aliphatic heterocycles. The third-order valence-electron chi connectivity index (χ3n) is 2.19. The van der Waals surface area contributed by atoms with Crippen LogP contribution in [0.4, 0.5) is 5.69 Å². The number of rotatable bonds is 4. The average Bonchev–Trinajstić information content (AvgIpc) is 2.27. The van der Waals surface area contributed by atoms with E-state index < -0.39 is 17.9 Å². The minimum atomic E-state index is -1.08. The Morgan fingerprint density at radius 1 is 1.38 bits per heavy atom. The summed E-state index contributed by atoms with van der Waals surface area (Å²) >= 11 is 0. The van der Waals surface area contributed by atoms with E-state index in [1.54, 1.807) is 31.3 Å². The number of amides is 1. The Hall–Kier alpha value is -1.88. The van der Waals surface area contributed by atoms with Crippen LogP contribution in [0, 0.1) is 0 Å². The number of aliphatic carboxylic acids is 1. The molecule has 5 heteroatoms. The molecule has 3 N–H and O–H groups in total. The van der Waals surface area contributed by atoms with Crippen molar-refractivity contribution < 1.29 is 14.7 Å². The summed E-state index contributed by atoms with van der Waals surface area (Å²) in [6, 6.07) is 7.92. The van der Waals surface area contributed by atoms with Crippen LogP contribution in [0.1, 0.15) is 6.42 Å². The molecule has 16 heavy (non-hydrogen) atoms. The zero-order valence-electron chi connectivity index (χ0n) is 8.96. The Morgan fingerprint density at radius 3 is 2.44 bits per heavy atom. The van der Waals surface area contributed by atoms with Crippen LogP contribution in [-0.2, 0) is 9.59 Å². The molecule has 0 saturated carbocycles. The van der Waals surface area contributed by atoms with Crippen LogP contribution < -0.4 is 10.6 Å². The van der Waals surface area contributed by atoms with Gasteiger partial charge in [0.05, 0.1) is 12.5 Å². The summed E-state index contributed by atoms with van der Waals surface area (Å²) in [5.41, 5.74) is 6.17. The predicted molar refractivity (Wildman–Crippen MR) is 60.1 cm³/mol. The zero-order chi connectivity index (χ0) is 12.1. The van der Waals surface area contributed by atoms with Crippen LogP contribution in [0.5, 0.6) is 0 Å². The van der Waals surface area contributed by atoms with Crippen molar-refractivity contribution >= 4 is 17.6 Å². The van der Waals surface area contributed by atoms with Gasteiger partial charge in [-0.15, -0.1) is 0 Å². The van der Waals surface area contributed by atoms with E-state index in [0.717, 1.165) is 0 Å². The lowest BCUT2D eigenvalue weighted by atomic mass is 10.2. The molecule has 0 bridgehead atoms. The minimum Gasteiger partial charge on any atom is -0.481 e. The van der Waals surface area contributed by atoms with Gasteiger partial charge in [0.1, 0.15) is 0 Å². The number of hydrogen-bond donors (Lipinski definition) is 2. The molecule has 0 spiro atoms. The van der Waals surface area contributed by atoms with Crippen molar-refractivity contribution in [3.05, 3.63) is 30.3 Å². The largest absolute Gasteiger partial charge is 0.481 e. The van der Waals surface area contributed by atoms with Crippen LogP contribution >= 0.6 is 0 Å². The van der Waals surface area contributed by atoms with Gasteiger partial charge in [-0.1, -0.05) is 18.2 Å². The normalized spacial score (nSPS) is 11.9. The number of benzene rings is 1. The maximum Gasteiger partial charge on any atom is 0.305 e. The quantitative estimate of drug-likeness (QED) is 0.774. The molecule has 5 nitrogen and oxygen atoms in total. The third kappa shape index (κ3) is 3.06. The van der Waals surface area contributed by atoms with Gasteiger partial charge in [0.15, 0.2) is 0 Å². The Labute approximate surface area is 93.5 Å². The number of carboxylic acids is 1. The molecule has 1 atom stereocenters. The maximum absolute atomic E-state index is 11.7. The fourth-order valence-corrected chi connectivity index (χ4v) is 1.30. The molecule has 1 aromatic rings. The van der Waals surface area contributed by atoms with Gasteiger partial charge in [-0.05, 0) is 12.1 Å². The average molecular weight is 222 g/mol. The second-order valence-electron chi connectivity index (χ2n) is 3.44. The summed E-state index contributed by atoms with van der Waals surface area (Å²) in [7, 11) is 1.57. The molecule has 1 rings (SSSR count). The highest BCUT2D eigenvalue weighted by molar-refractivity contribution is 5.98. The van der Waals surface area contributed by atoms with Gasteiger partial charge in [0, 0.05) is 12.7 Å². The molecule has 0 heterocycles. The van der Waals surface area contributed by atoms with Crippen LogP contribution in [0.2, 0.25) is 0 Å². The third-order valence-corrected chi connectivity index (χ3v) is 2.19. The van der Waals surface area contributed by atoms with Crippen molar-refractivity contribution in [2.45, 2.75) is 12.5 Å². The molecule has 0 fully saturated rings. The van der Waals surface area contributed by atoms with Crippen molar-refractivity contribution in [2.75, 3.05) is 11.9 Å². The number of nitrogens with two attached hydrogens (primary N) is 1. The SMILES string of the molecule is CN(C(=O)C(N)CC(=O)O)c1ccccc1. The maximum atomic E-state index is 11.7. The molecular formula is C11H14N2O3. The van der Waals surface area contributed by atoms with E-state index in [2.05, 4.69) is 0 Å². The summed E-state index contributed by atoms with van der Waals surface area (Å²) in [5, 5.41) is 8.53. The molecule has 0 radical (unpaired) electrons. The number of hydrogen-bond acceptors (Lipinski definition) is 3. The van der Waals surface area contributed by atoms with Crippen molar-refractivity contribution in [1.82, 2.24) is 0 Å². The smallest absolute Gasteiger partial charge is 0.305 e. The Morgan fingerprint density at radius 2 is 1.94 bits per heavy atom. The number of carboxylic acid groups (broad SMARTS) is 1. The molecule has 0 aromatic heterocycles. The summed E-state index contributed by atoms with van der Waals surface area (Å²) in [5.74, 6) is -1.49. The number of carbonyl (C=O) groups is 2. The molecule has 0 saturated heterocycles. The molecule has 1 unspecified atom stereocenters. The lowest BCUT2D eigenvalue weighted by molar-refractivity contribution is -0.139. The zero-order valence-corrected chi connectivity index (χ0v) is 8.96. The number of anilines is 1. The highest BCUT2D eigenvalue weighted by Gasteiger charge is 2.21. The summed E-state index contributed by atoms with van der Waals surface area (Å²) in [6.07, 6.45) is -0.365. The van der Waals surface area contributed by atoms with Crippen LogP contribution in [0.25, 0.3) is 0 Å². The lowest BCUT2D eigenvalue weighted by Gasteiger charge is -2.20. The van der Waals surface area contributed by atoms with Crippen molar-refractivity contribution in [2.24, 2.45) is 5.73 Å². The molecule has 86 valence electrons. The summed E-state index contributed by atoms with van der Waals surface area (Å²) in [6.45, 7) is 0. The second kappa shape index (κ2) is 5.27. The highest BCUT2D eigenvalue weighted by atomic mass is 16.4. The van der Waals surface area contributed by atoms with E-state index in [4.69, 9.17) is 10.8 Å². The standard InChI is InChI=1S/C11H14N2O3/c1-13(8-5-3-2-4-6-8)11(16)9(12)7-10(14)15/h2-6,9H,7,12H2,1H3,(H,14,15). The van der Waals surface area contributed by atoms with Gasteiger partial charge in [-0.2, -0.15) is 0 Å². The van der Waals surface area contributed by atoms with Gasteiger partial charge < -0.3 is 15.7 Å². The van der Waals surface area contributed by atoms with Crippen LogP contribution in [-0.4, -0.2) is 30.1 Å². The van der Waals surface area contributed by atoms with E-state index in [1.807, 2.05) is 6.07 Å². The molecule has 1 amide bonds. The topological polar surface area (TPSA) is 83.6 Å². The van der Waals surface area contributed by atoms with Gasteiger partial charge in [0.2, 0.25) is 5.91 Å². The van der Waals surface area contributed by atoms with Crippen LogP contribution in [0.3, 0.4) is 0 Å². The fraction of sp³-hybridized carbons (Fsp3) is 0.273. The number of likely N-dealkylation sites (N-methyl/N-ethyl adjacent to an activating group) is 1. The van der Waals surface area contributed by atoms with Crippen molar-refractivity contribution in [1.29, 1.82) is 0 Å². The fourth-order valence-electron chi connectivity index (χ4n) is 1.30. The van der Waals surface area contributed by atoms with Gasteiger partial charge in [-0.25, -0.2) is 0 Å². The monoisotopic (exact) mass is 222 g/mol. The van der Waals surface area contributed by atoms with Crippen molar-refractivity contribution in [3.8, 4) is 0 Å². The van der Waals surface area contributed by atoms with E-state index in [-0.39, 0.29) is 6.42 Å². The molecule has 0 aliphatic rings. The first-order valence-corrected chi connectivity index (χ1v) is 4.82. The first-order chi connectivity index (χ1) is 7.52. The van der Waals surface area contributed by atoms with Crippen LogP contribution in [0.15, 0.2) is 30.3 Å². The van der Waals surface area contributed by atoms with E-state index in [1.165, 1.54) is 4.90 Å². The number of para-hydroxylation sites is 1. The first kappa shape index (κ1) is 12.2. The number of nitrogens with zero attached hydrogens (tertiary/aromatic N) is 1. The summed E-state index contributed by atoms with van der Waals surface area (Å²) < 4.78 is 0. The second-order valence-corrected chi connectivity index (χ2v) is 3.44. The van der Waals surface area contributed by atoms with Gasteiger partial charge >= 0.3 is 5.97 Å². The predicted octanol–water partition coefficient (Wildman–Crippen LogP) is 0.451. The van der Waals surface area contributed by atoms with E-state index in [9.17, 15) is 9.59 Å². The lowest BCUT2D eigenvalue weighted by Crippen LogP contribution is -2.43. The molecule has 0 aliphatic carbocycles. The van der Waals surface area contributed by atoms with Gasteiger partial charge in [0.25, 0.3) is 0 Å². The molecule has 1 aromatic carbocycles. The Balaban J connectivity index is 2.71. The summed E-state index contributed by atoms with van der Waals surface area (Å²) in [4.78, 5) is 23.5.